The third-order valence-corrected chi connectivity index (χ3v) is 3.82. The van der Waals surface area contributed by atoms with E-state index in [2.05, 4.69) is 34.6 Å². The molecule has 110 valence electrons. The molecule has 1 aliphatic rings. The second-order valence-corrected chi connectivity index (χ2v) is 5.51. The van der Waals surface area contributed by atoms with E-state index in [1.807, 2.05) is 19.1 Å². The Hall–Kier alpha value is -1.71. The molecule has 1 aliphatic heterocycles. The fourth-order valence-corrected chi connectivity index (χ4v) is 2.43. The molecular weight excluding hydrogens is 250 g/mol. The van der Waals surface area contributed by atoms with Crippen LogP contribution in [0.5, 0.6) is 0 Å². The van der Waals surface area contributed by atoms with E-state index in [0.29, 0.717) is 0 Å². The summed E-state index contributed by atoms with van der Waals surface area (Å²) in [5.74, 6) is 0. The summed E-state index contributed by atoms with van der Waals surface area (Å²) in [6.45, 7) is 6.29. The molecular formula is C16H25N3O. The van der Waals surface area contributed by atoms with Gasteiger partial charge in [-0.3, -0.25) is 0 Å². The van der Waals surface area contributed by atoms with Crippen molar-refractivity contribution in [3.8, 4) is 0 Å². The highest BCUT2D eigenvalue weighted by molar-refractivity contribution is 5.90. The first kappa shape index (κ1) is 14.7. The van der Waals surface area contributed by atoms with Gasteiger partial charge < -0.3 is 15.5 Å². The van der Waals surface area contributed by atoms with Gasteiger partial charge in [-0.15, -0.1) is 0 Å². The highest BCUT2D eigenvalue weighted by Crippen LogP contribution is 2.22. The Morgan fingerprint density at radius 3 is 2.75 bits per heavy atom. The summed E-state index contributed by atoms with van der Waals surface area (Å²) in [5.41, 5.74) is 2.06. The van der Waals surface area contributed by atoms with Gasteiger partial charge in [-0.25, -0.2) is 4.79 Å². The number of piperidine rings is 1. The van der Waals surface area contributed by atoms with Crippen molar-refractivity contribution in [2.24, 2.45) is 0 Å². The van der Waals surface area contributed by atoms with Crippen LogP contribution in [0, 0.1) is 0 Å². The van der Waals surface area contributed by atoms with Crippen molar-refractivity contribution in [1.29, 1.82) is 0 Å². The zero-order valence-electron chi connectivity index (χ0n) is 12.5. The predicted molar refractivity (Wildman–Crippen MR) is 84.4 cm³/mol. The zero-order valence-corrected chi connectivity index (χ0v) is 12.5. The molecule has 0 spiro atoms. The van der Waals surface area contributed by atoms with Crippen LogP contribution >= 0.6 is 0 Å². The zero-order chi connectivity index (χ0) is 14.4. The molecule has 2 amide bonds. The molecule has 4 nitrogen and oxygen atoms in total. The number of carbonyl (C=O) groups excluding carboxylic acids is 1. The normalized spacial score (nSPS) is 16.6. The van der Waals surface area contributed by atoms with Crippen molar-refractivity contribution < 1.29 is 4.79 Å². The van der Waals surface area contributed by atoms with E-state index in [1.165, 1.54) is 24.9 Å². The third kappa shape index (κ3) is 4.15. The van der Waals surface area contributed by atoms with Gasteiger partial charge >= 0.3 is 6.03 Å². The number of urea groups is 1. The Balaban J connectivity index is 1.96. The summed E-state index contributed by atoms with van der Waals surface area (Å²) in [5, 5.41) is 5.82. The van der Waals surface area contributed by atoms with E-state index < -0.39 is 0 Å². The lowest BCUT2D eigenvalue weighted by molar-refractivity contribution is 0.249. The van der Waals surface area contributed by atoms with Crippen LogP contribution in [0.1, 0.15) is 39.5 Å². The molecule has 0 aromatic heterocycles. The maximum Gasteiger partial charge on any atom is 0.319 e. The van der Waals surface area contributed by atoms with E-state index in [9.17, 15) is 4.79 Å². The molecule has 1 atom stereocenters. The van der Waals surface area contributed by atoms with Crippen LogP contribution in [-0.4, -0.2) is 25.2 Å². The maximum absolute atomic E-state index is 11.8. The number of benzene rings is 1. The Labute approximate surface area is 121 Å². The van der Waals surface area contributed by atoms with Gasteiger partial charge in [-0.2, -0.15) is 0 Å². The minimum Gasteiger partial charge on any atom is -0.371 e. The Bertz CT molecular complexity index is 441. The Morgan fingerprint density at radius 1 is 1.30 bits per heavy atom. The van der Waals surface area contributed by atoms with E-state index >= 15 is 0 Å². The van der Waals surface area contributed by atoms with Crippen molar-refractivity contribution in [2.75, 3.05) is 23.3 Å². The van der Waals surface area contributed by atoms with Gasteiger partial charge in [0.1, 0.15) is 0 Å². The molecule has 0 saturated carbocycles. The smallest absolute Gasteiger partial charge is 0.319 e. The summed E-state index contributed by atoms with van der Waals surface area (Å²) < 4.78 is 0. The molecule has 0 bridgehead atoms. The Kier molecular flexibility index (Phi) is 5.27. The van der Waals surface area contributed by atoms with Gasteiger partial charge in [-0.1, -0.05) is 13.0 Å². The van der Waals surface area contributed by atoms with Crippen molar-refractivity contribution >= 4 is 17.4 Å². The fraction of sp³-hybridized carbons (Fsp3) is 0.562. The van der Waals surface area contributed by atoms with Crippen LogP contribution in [0.4, 0.5) is 16.2 Å². The molecule has 1 heterocycles. The average Bonchev–Trinajstić information content (AvgIpc) is 2.48. The van der Waals surface area contributed by atoms with Gasteiger partial charge in [0.25, 0.3) is 0 Å². The third-order valence-electron chi connectivity index (χ3n) is 3.82. The van der Waals surface area contributed by atoms with Crippen molar-refractivity contribution in [1.82, 2.24) is 5.32 Å². The minimum atomic E-state index is -0.129. The summed E-state index contributed by atoms with van der Waals surface area (Å²) in [6, 6.07) is 8.17. The Morgan fingerprint density at radius 2 is 2.05 bits per heavy atom. The summed E-state index contributed by atoms with van der Waals surface area (Å²) in [7, 11) is 0. The number of hydrogen-bond acceptors (Lipinski definition) is 2. The largest absolute Gasteiger partial charge is 0.371 e. The molecule has 2 N–H and O–H groups in total. The minimum absolute atomic E-state index is 0.129. The number of nitrogens with zero attached hydrogens (tertiary/aromatic N) is 1. The first-order valence-corrected chi connectivity index (χ1v) is 7.61. The predicted octanol–water partition coefficient (Wildman–Crippen LogP) is 3.60. The van der Waals surface area contributed by atoms with Crippen LogP contribution in [0.3, 0.4) is 0 Å². The molecule has 1 fully saturated rings. The van der Waals surface area contributed by atoms with Gasteiger partial charge in [0.05, 0.1) is 0 Å². The molecule has 1 unspecified atom stereocenters. The maximum atomic E-state index is 11.8. The second-order valence-electron chi connectivity index (χ2n) is 5.51. The number of carbonyl (C=O) groups is 1. The van der Waals surface area contributed by atoms with Crippen molar-refractivity contribution in [2.45, 2.75) is 45.6 Å². The summed E-state index contributed by atoms with van der Waals surface area (Å²) in [4.78, 5) is 14.2. The number of nitrogens with one attached hydrogen (secondary N) is 2. The summed E-state index contributed by atoms with van der Waals surface area (Å²) >= 11 is 0. The lowest BCUT2D eigenvalue weighted by Crippen LogP contribution is -2.35. The van der Waals surface area contributed by atoms with Gasteiger partial charge in [0, 0.05) is 30.5 Å². The molecule has 0 radical (unpaired) electrons. The number of hydrogen-bond donors (Lipinski definition) is 2. The molecule has 20 heavy (non-hydrogen) atoms. The van der Waals surface area contributed by atoms with Crippen LogP contribution in [-0.2, 0) is 0 Å². The van der Waals surface area contributed by atoms with Gasteiger partial charge in [-0.05, 0) is 50.8 Å². The molecule has 4 heteroatoms. The monoisotopic (exact) mass is 275 g/mol. The first-order chi connectivity index (χ1) is 9.69. The van der Waals surface area contributed by atoms with E-state index in [1.54, 1.807) is 0 Å². The summed E-state index contributed by atoms with van der Waals surface area (Å²) in [6.07, 6.45) is 4.77. The van der Waals surface area contributed by atoms with Crippen LogP contribution in [0.15, 0.2) is 24.3 Å². The van der Waals surface area contributed by atoms with E-state index in [0.717, 1.165) is 25.2 Å². The second kappa shape index (κ2) is 7.17. The fourth-order valence-electron chi connectivity index (χ4n) is 2.43. The SMILES string of the molecule is CCC(C)NC(=O)Nc1cccc(N2CCCCC2)c1. The molecule has 0 aliphatic carbocycles. The molecule has 2 rings (SSSR count). The first-order valence-electron chi connectivity index (χ1n) is 7.61. The van der Waals surface area contributed by atoms with Crippen molar-refractivity contribution in [3.63, 3.8) is 0 Å². The topological polar surface area (TPSA) is 44.4 Å². The number of anilines is 2. The van der Waals surface area contributed by atoms with Crippen LogP contribution < -0.4 is 15.5 Å². The van der Waals surface area contributed by atoms with Crippen LogP contribution in [0.25, 0.3) is 0 Å². The highest BCUT2D eigenvalue weighted by Gasteiger charge is 2.12. The number of rotatable bonds is 4. The quantitative estimate of drug-likeness (QED) is 0.882. The highest BCUT2D eigenvalue weighted by atomic mass is 16.2. The average molecular weight is 275 g/mol. The van der Waals surface area contributed by atoms with E-state index in [4.69, 9.17) is 0 Å². The van der Waals surface area contributed by atoms with Gasteiger partial charge in [0.15, 0.2) is 0 Å². The molecule has 1 aromatic rings. The van der Waals surface area contributed by atoms with Crippen molar-refractivity contribution in [3.05, 3.63) is 24.3 Å². The lowest BCUT2D eigenvalue weighted by Gasteiger charge is -2.29. The standard InChI is InChI=1S/C16H25N3O/c1-3-13(2)17-16(20)18-14-8-7-9-15(12-14)19-10-5-4-6-11-19/h7-9,12-13H,3-6,10-11H2,1-2H3,(H2,17,18,20). The lowest BCUT2D eigenvalue weighted by atomic mass is 10.1. The van der Waals surface area contributed by atoms with Crippen LogP contribution in [0.2, 0.25) is 0 Å². The molecule has 1 saturated heterocycles. The van der Waals surface area contributed by atoms with Gasteiger partial charge in [0.2, 0.25) is 0 Å². The van der Waals surface area contributed by atoms with E-state index in [-0.39, 0.29) is 12.1 Å². The molecule has 1 aromatic carbocycles. The number of amides is 2.